The maximum atomic E-state index is 13.4. The zero-order valence-corrected chi connectivity index (χ0v) is 18.2. The minimum absolute atomic E-state index is 0.185. The minimum Gasteiger partial charge on any atom is -0.449 e. The Hall–Kier alpha value is -4.06. The fourth-order valence-electron chi connectivity index (χ4n) is 4.24. The third-order valence-electron chi connectivity index (χ3n) is 5.95. The standard InChI is InChI=1S/C27H25N3O3/c31-24(19-20-9-3-1-4-10-20)28-25-22-13-7-8-14-23(22)33-26(25)27(32)30-17-15-29(16-18-30)21-11-5-2-6-12-21/h1-14H,15-19H2,(H,28,31). The topological polar surface area (TPSA) is 65.8 Å². The lowest BCUT2D eigenvalue weighted by Crippen LogP contribution is -2.48. The first kappa shape index (κ1) is 20.8. The number of nitrogens with one attached hydrogen (secondary N) is 1. The molecular weight excluding hydrogens is 414 g/mol. The van der Waals surface area contributed by atoms with Crippen LogP contribution in [0.2, 0.25) is 0 Å². The summed E-state index contributed by atoms with van der Waals surface area (Å²) < 4.78 is 5.96. The van der Waals surface area contributed by atoms with Crippen molar-refractivity contribution < 1.29 is 14.0 Å². The second kappa shape index (κ2) is 9.20. The second-order valence-corrected chi connectivity index (χ2v) is 8.13. The van der Waals surface area contributed by atoms with Crippen LogP contribution in [0.1, 0.15) is 16.1 Å². The van der Waals surface area contributed by atoms with Crippen molar-refractivity contribution in [3.8, 4) is 0 Å². The average Bonchev–Trinajstić information content (AvgIpc) is 3.23. The number of furan rings is 1. The first-order valence-corrected chi connectivity index (χ1v) is 11.1. The predicted molar refractivity (Wildman–Crippen MR) is 130 cm³/mol. The van der Waals surface area contributed by atoms with Gasteiger partial charge in [-0.05, 0) is 29.8 Å². The highest BCUT2D eigenvalue weighted by Gasteiger charge is 2.29. The number of carbonyl (C=O) groups is 2. The summed E-state index contributed by atoms with van der Waals surface area (Å²) in [5.74, 6) is -0.199. The molecule has 5 rings (SSSR count). The highest BCUT2D eigenvalue weighted by atomic mass is 16.3. The van der Waals surface area contributed by atoms with E-state index in [2.05, 4.69) is 22.3 Å². The first-order chi connectivity index (χ1) is 16.2. The van der Waals surface area contributed by atoms with E-state index in [9.17, 15) is 9.59 Å². The van der Waals surface area contributed by atoms with E-state index in [0.29, 0.717) is 24.4 Å². The van der Waals surface area contributed by atoms with Gasteiger partial charge in [0.15, 0.2) is 0 Å². The SMILES string of the molecule is O=C(Cc1ccccc1)Nc1c(C(=O)N2CCN(c3ccccc3)CC2)oc2ccccc12. The van der Waals surface area contributed by atoms with Gasteiger partial charge in [-0.15, -0.1) is 0 Å². The molecule has 6 heteroatoms. The molecule has 3 aromatic carbocycles. The molecule has 1 fully saturated rings. The van der Waals surface area contributed by atoms with E-state index in [1.807, 2.05) is 72.8 Å². The molecule has 0 spiro atoms. The van der Waals surface area contributed by atoms with Crippen LogP contribution in [0.3, 0.4) is 0 Å². The number of benzene rings is 3. The van der Waals surface area contributed by atoms with Crippen LogP contribution in [0.5, 0.6) is 0 Å². The van der Waals surface area contributed by atoms with E-state index >= 15 is 0 Å². The van der Waals surface area contributed by atoms with Gasteiger partial charge in [-0.1, -0.05) is 60.7 Å². The highest BCUT2D eigenvalue weighted by Crippen LogP contribution is 2.32. The first-order valence-electron chi connectivity index (χ1n) is 11.1. The molecule has 0 unspecified atom stereocenters. The maximum Gasteiger partial charge on any atom is 0.291 e. The molecule has 2 heterocycles. The van der Waals surface area contributed by atoms with Gasteiger partial charge < -0.3 is 19.5 Å². The van der Waals surface area contributed by atoms with Gasteiger partial charge in [-0.25, -0.2) is 0 Å². The Bertz CT molecular complexity index is 1260. The van der Waals surface area contributed by atoms with Gasteiger partial charge in [0.05, 0.1) is 6.42 Å². The summed E-state index contributed by atoms with van der Waals surface area (Å²) in [5, 5.41) is 3.67. The van der Waals surface area contributed by atoms with Gasteiger partial charge in [0.25, 0.3) is 5.91 Å². The summed E-state index contributed by atoms with van der Waals surface area (Å²) in [7, 11) is 0. The maximum absolute atomic E-state index is 13.4. The van der Waals surface area contributed by atoms with Crippen molar-refractivity contribution >= 4 is 34.2 Å². The van der Waals surface area contributed by atoms with Crippen LogP contribution in [0.15, 0.2) is 89.3 Å². The number of anilines is 2. The molecule has 1 N–H and O–H groups in total. The summed E-state index contributed by atoms with van der Waals surface area (Å²) >= 11 is 0. The molecule has 6 nitrogen and oxygen atoms in total. The van der Waals surface area contributed by atoms with Gasteiger partial charge in [-0.2, -0.15) is 0 Å². The second-order valence-electron chi connectivity index (χ2n) is 8.13. The molecule has 1 aliphatic heterocycles. The zero-order chi connectivity index (χ0) is 22.6. The van der Waals surface area contributed by atoms with Crippen LogP contribution in [-0.2, 0) is 11.2 Å². The van der Waals surface area contributed by atoms with E-state index in [0.717, 1.165) is 29.7 Å². The molecule has 1 aliphatic rings. The smallest absolute Gasteiger partial charge is 0.291 e. The Morgan fingerprint density at radius 3 is 2.15 bits per heavy atom. The summed E-state index contributed by atoms with van der Waals surface area (Å²) in [6.07, 6.45) is 0.226. The van der Waals surface area contributed by atoms with Gasteiger partial charge in [0.1, 0.15) is 11.3 Å². The molecule has 0 saturated carbocycles. The van der Waals surface area contributed by atoms with Crippen molar-refractivity contribution in [2.45, 2.75) is 6.42 Å². The molecule has 166 valence electrons. The van der Waals surface area contributed by atoms with Crippen LogP contribution < -0.4 is 10.2 Å². The number of carbonyl (C=O) groups excluding carboxylic acids is 2. The lowest BCUT2D eigenvalue weighted by molar-refractivity contribution is -0.115. The molecule has 0 bridgehead atoms. The van der Waals surface area contributed by atoms with Crippen molar-refractivity contribution in [1.29, 1.82) is 0 Å². The Kier molecular flexibility index (Phi) is 5.81. The lowest BCUT2D eigenvalue weighted by atomic mass is 10.1. The number of fused-ring (bicyclic) bond motifs is 1. The minimum atomic E-state index is -0.200. The van der Waals surface area contributed by atoms with Gasteiger partial charge in [-0.3, -0.25) is 9.59 Å². The Morgan fingerprint density at radius 1 is 0.788 bits per heavy atom. The van der Waals surface area contributed by atoms with E-state index in [4.69, 9.17) is 4.42 Å². The normalized spacial score (nSPS) is 13.8. The molecule has 0 aliphatic carbocycles. The van der Waals surface area contributed by atoms with Crippen molar-refractivity contribution in [2.24, 2.45) is 0 Å². The molecule has 0 atom stereocenters. The third-order valence-corrected chi connectivity index (χ3v) is 5.95. The van der Waals surface area contributed by atoms with Crippen molar-refractivity contribution in [2.75, 3.05) is 36.4 Å². The summed E-state index contributed by atoms with van der Waals surface area (Å²) in [6, 6.07) is 27.1. The van der Waals surface area contributed by atoms with Crippen LogP contribution in [-0.4, -0.2) is 42.9 Å². The number of rotatable bonds is 5. The monoisotopic (exact) mass is 439 g/mol. The summed E-state index contributed by atoms with van der Waals surface area (Å²) in [4.78, 5) is 30.3. The number of amides is 2. The Balaban J connectivity index is 1.35. The molecule has 1 aromatic heterocycles. The molecule has 33 heavy (non-hydrogen) atoms. The lowest BCUT2D eigenvalue weighted by Gasteiger charge is -2.35. The highest BCUT2D eigenvalue weighted by molar-refractivity contribution is 6.11. The number of nitrogens with zero attached hydrogens (tertiary/aromatic N) is 2. The van der Waals surface area contributed by atoms with E-state index in [1.165, 1.54) is 0 Å². The van der Waals surface area contributed by atoms with Gasteiger partial charge >= 0.3 is 0 Å². The predicted octanol–water partition coefficient (Wildman–Crippen LogP) is 4.58. The molecule has 0 radical (unpaired) electrons. The number of hydrogen-bond acceptors (Lipinski definition) is 4. The van der Waals surface area contributed by atoms with Crippen LogP contribution >= 0.6 is 0 Å². The Morgan fingerprint density at radius 2 is 1.42 bits per heavy atom. The largest absolute Gasteiger partial charge is 0.449 e. The number of piperazine rings is 1. The summed E-state index contributed by atoms with van der Waals surface area (Å²) in [5.41, 5.74) is 3.09. The third kappa shape index (κ3) is 4.46. The van der Waals surface area contributed by atoms with E-state index in [-0.39, 0.29) is 24.0 Å². The van der Waals surface area contributed by atoms with Crippen LogP contribution in [0, 0.1) is 0 Å². The van der Waals surface area contributed by atoms with Gasteiger partial charge in [0.2, 0.25) is 11.7 Å². The number of hydrogen-bond donors (Lipinski definition) is 1. The summed E-state index contributed by atoms with van der Waals surface area (Å²) in [6.45, 7) is 2.65. The Labute approximate surface area is 192 Å². The fourth-order valence-corrected chi connectivity index (χ4v) is 4.24. The fraction of sp³-hybridized carbons (Fsp3) is 0.185. The van der Waals surface area contributed by atoms with Crippen molar-refractivity contribution in [3.63, 3.8) is 0 Å². The zero-order valence-electron chi connectivity index (χ0n) is 18.2. The van der Waals surface area contributed by atoms with Crippen LogP contribution in [0.25, 0.3) is 11.0 Å². The molecule has 1 saturated heterocycles. The van der Waals surface area contributed by atoms with Gasteiger partial charge in [0, 0.05) is 37.3 Å². The van der Waals surface area contributed by atoms with Crippen molar-refractivity contribution in [1.82, 2.24) is 4.90 Å². The van der Waals surface area contributed by atoms with Crippen molar-refractivity contribution in [3.05, 3.63) is 96.3 Å². The number of para-hydroxylation sites is 2. The molecular formula is C27H25N3O3. The molecule has 2 amide bonds. The quantitative estimate of drug-likeness (QED) is 0.495. The van der Waals surface area contributed by atoms with Crippen LogP contribution in [0.4, 0.5) is 11.4 Å². The average molecular weight is 440 g/mol. The van der Waals surface area contributed by atoms with E-state index < -0.39 is 0 Å². The van der Waals surface area contributed by atoms with E-state index in [1.54, 1.807) is 4.90 Å². The molecule has 4 aromatic rings.